The summed E-state index contributed by atoms with van der Waals surface area (Å²) in [6.45, 7) is 1.82. The fraction of sp³-hybridized carbons (Fsp3) is 0.600. The molecule has 0 unspecified atom stereocenters. The fourth-order valence-corrected chi connectivity index (χ4v) is 2.22. The van der Waals surface area contributed by atoms with Crippen LogP contribution in [0.3, 0.4) is 0 Å². The molecule has 1 aromatic heterocycles. The number of hydrogen-bond acceptors (Lipinski definition) is 3. The number of halogens is 1. The minimum atomic E-state index is 0.0964. The van der Waals surface area contributed by atoms with Gasteiger partial charge in [0, 0.05) is 13.0 Å². The van der Waals surface area contributed by atoms with Gasteiger partial charge in [0.15, 0.2) is 5.78 Å². The number of nitrogens with one attached hydrogen (secondary N) is 1. The molecule has 0 saturated carbocycles. The number of aryl methyl sites for hydroxylation is 1. The molecule has 0 atom stereocenters. The molecule has 0 aromatic carbocycles. The van der Waals surface area contributed by atoms with Gasteiger partial charge >= 0.3 is 0 Å². The van der Waals surface area contributed by atoms with Crippen molar-refractivity contribution in [3.8, 4) is 0 Å². The molecule has 1 N–H and O–H groups in total. The van der Waals surface area contributed by atoms with E-state index in [1.165, 1.54) is 6.20 Å². The summed E-state index contributed by atoms with van der Waals surface area (Å²) in [6.07, 6.45) is 3.30. The number of hydrogen-bond donors (Lipinski definition) is 1. The average Bonchev–Trinajstić information content (AvgIpc) is 2.59. The van der Waals surface area contributed by atoms with Crippen LogP contribution in [0.2, 0.25) is 5.02 Å². The van der Waals surface area contributed by atoms with E-state index in [9.17, 15) is 4.79 Å². The molecule has 15 heavy (non-hydrogen) atoms. The van der Waals surface area contributed by atoms with Crippen molar-refractivity contribution in [2.75, 3.05) is 13.1 Å². The molecule has 0 aliphatic carbocycles. The van der Waals surface area contributed by atoms with E-state index in [1.54, 1.807) is 11.7 Å². The second kappa shape index (κ2) is 4.33. The van der Waals surface area contributed by atoms with Crippen molar-refractivity contribution in [1.29, 1.82) is 0 Å². The maximum atomic E-state index is 12.1. The Balaban J connectivity index is 2.19. The number of carbonyl (C=O) groups excluding carboxylic acids is 1. The SMILES string of the molecule is Cn1ncc(Cl)c1C(=O)C1CCNCC1. The third-order valence-electron chi connectivity index (χ3n) is 2.84. The topological polar surface area (TPSA) is 46.9 Å². The first-order valence-corrected chi connectivity index (χ1v) is 5.50. The lowest BCUT2D eigenvalue weighted by atomic mass is 9.92. The molecule has 0 radical (unpaired) electrons. The van der Waals surface area contributed by atoms with Gasteiger partial charge in [-0.25, -0.2) is 0 Å². The van der Waals surface area contributed by atoms with Crippen molar-refractivity contribution < 1.29 is 4.79 Å². The minimum Gasteiger partial charge on any atom is -0.317 e. The van der Waals surface area contributed by atoms with Crippen molar-refractivity contribution in [2.45, 2.75) is 12.8 Å². The second-order valence-electron chi connectivity index (χ2n) is 3.85. The van der Waals surface area contributed by atoms with Crippen LogP contribution in [0.4, 0.5) is 0 Å². The van der Waals surface area contributed by atoms with Crippen LogP contribution >= 0.6 is 11.6 Å². The molecular formula is C10H14ClN3O. The Morgan fingerprint density at radius 2 is 2.27 bits per heavy atom. The summed E-state index contributed by atoms with van der Waals surface area (Å²) >= 11 is 5.94. The van der Waals surface area contributed by atoms with Gasteiger partial charge in [0.05, 0.1) is 11.2 Å². The van der Waals surface area contributed by atoms with Crippen LogP contribution in [-0.4, -0.2) is 28.7 Å². The highest BCUT2D eigenvalue weighted by Crippen LogP contribution is 2.22. The highest BCUT2D eigenvalue weighted by molar-refractivity contribution is 6.33. The molecule has 2 heterocycles. The van der Waals surface area contributed by atoms with Gasteiger partial charge in [-0.3, -0.25) is 9.48 Å². The normalized spacial score (nSPS) is 18.0. The molecule has 1 aliphatic heterocycles. The summed E-state index contributed by atoms with van der Waals surface area (Å²) in [4.78, 5) is 12.1. The highest BCUT2D eigenvalue weighted by atomic mass is 35.5. The lowest BCUT2D eigenvalue weighted by Crippen LogP contribution is -2.32. The Kier molecular flexibility index (Phi) is 3.07. The monoisotopic (exact) mass is 227 g/mol. The van der Waals surface area contributed by atoms with Gasteiger partial charge in [-0.1, -0.05) is 11.6 Å². The number of aromatic nitrogens is 2. The van der Waals surface area contributed by atoms with E-state index in [0.717, 1.165) is 25.9 Å². The summed E-state index contributed by atoms with van der Waals surface area (Å²) in [5.74, 6) is 0.223. The van der Waals surface area contributed by atoms with Crippen molar-refractivity contribution in [2.24, 2.45) is 13.0 Å². The largest absolute Gasteiger partial charge is 0.317 e. The summed E-state index contributed by atoms with van der Waals surface area (Å²) < 4.78 is 1.56. The van der Waals surface area contributed by atoms with Crippen molar-refractivity contribution in [1.82, 2.24) is 15.1 Å². The predicted octanol–water partition coefficient (Wildman–Crippen LogP) is 1.26. The van der Waals surface area contributed by atoms with Crippen LogP contribution in [0.1, 0.15) is 23.3 Å². The maximum absolute atomic E-state index is 12.1. The zero-order valence-electron chi connectivity index (χ0n) is 8.66. The van der Waals surface area contributed by atoms with Gasteiger partial charge < -0.3 is 5.32 Å². The van der Waals surface area contributed by atoms with Gasteiger partial charge in [0.25, 0.3) is 0 Å². The molecule has 1 fully saturated rings. The Morgan fingerprint density at radius 3 is 2.80 bits per heavy atom. The van der Waals surface area contributed by atoms with Crippen molar-refractivity contribution in [3.63, 3.8) is 0 Å². The summed E-state index contributed by atoms with van der Waals surface area (Å²) in [6, 6.07) is 0. The summed E-state index contributed by atoms with van der Waals surface area (Å²) in [7, 11) is 1.75. The molecule has 2 rings (SSSR count). The van der Waals surface area contributed by atoms with Crippen LogP contribution in [0.15, 0.2) is 6.20 Å². The molecule has 0 bridgehead atoms. The molecule has 0 spiro atoms. The first-order valence-electron chi connectivity index (χ1n) is 5.12. The van der Waals surface area contributed by atoms with Gasteiger partial charge in [-0.2, -0.15) is 5.10 Å². The third-order valence-corrected chi connectivity index (χ3v) is 3.11. The van der Waals surface area contributed by atoms with E-state index in [4.69, 9.17) is 11.6 Å². The number of carbonyl (C=O) groups is 1. The standard InChI is InChI=1S/C10H14ClN3O/c1-14-9(8(11)6-13-14)10(15)7-2-4-12-5-3-7/h6-7,12H,2-5H2,1H3. The van der Waals surface area contributed by atoms with E-state index >= 15 is 0 Å². The smallest absolute Gasteiger partial charge is 0.185 e. The molecule has 1 aromatic rings. The Morgan fingerprint density at radius 1 is 1.60 bits per heavy atom. The Hall–Kier alpha value is -0.870. The van der Waals surface area contributed by atoms with E-state index < -0.39 is 0 Å². The van der Waals surface area contributed by atoms with Crippen LogP contribution in [0, 0.1) is 5.92 Å². The van der Waals surface area contributed by atoms with Crippen molar-refractivity contribution >= 4 is 17.4 Å². The lowest BCUT2D eigenvalue weighted by molar-refractivity contribution is 0.0885. The molecular weight excluding hydrogens is 214 g/mol. The Labute approximate surface area is 93.6 Å². The predicted molar refractivity (Wildman–Crippen MR) is 58.1 cm³/mol. The average molecular weight is 228 g/mol. The van der Waals surface area contributed by atoms with Gasteiger partial charge in [-0.05, 0) is 25.9 Å². The second-order valence-corrected chi connectivity index (χ2v) is 4.26. The summed E-state index contributed by atoms with van der Waals surface area (Å²) in [5, 5.41) is 7.68. The summed E-state index contributed by atoms with van der Waals surface area (Å²) in [5.41, 5.74) is 0.545. The molecule has 4 nitrogen and oxygen atoms in total. The molecule has 82 valence electrons. The lowest BCUT2D eigenvalue weighted by Gasteiger charge is -2.21. The molecule has 5 heteroatoms. The quantitative estimate of drug-likeness (QED) is 0.774. The minimum absolute atomic E-state index is 0.0964. The van der Waals surface area contributed by atoms with Gasteiger partial charge in [0.1, 0.15) is 5.69 Å². The van der Waals surface area contributed by atoms with Gasteiger partial charge in [-0.15, -0.1) is 0 Å². The third kappa shape index (κ3) is 2.06. The van der Waals surface area contributed by atoms with E-state index in [1.807, 2.05) is 0 Å². The number of rotatable bonds is 2. The van der Waals surface area contributed by atoms with Gasteiger partial charge in [0.2, 0.25) is 0 Å². The van der Waals surface area contributed by atoms with Crippen LogP contribution in [0.25, 0.3) is 0 Å². The first kappa shape index (κ1) is 10.6. The number of Topliss-reactive ketones (excluding diaryl/α,β-unsaturated/α-hetero) is 1. The van der Waals surface area contributed by atoms with Crippen LogP contribution < -0.4 is 5.32 Å². The molecule has 1 saturated heterocycles. The number of piperidine rings is 1. The molecule has 1 aliphatic rings. The van der Waals surface area contributed by atoms with E-state index in [0.29, 0.717) is 10.7 Å². The van der Waals surface area contributed by atoms with Crippen molar-refractivity contribution in [3.05, 3.63) is 16.9 Å². The fourth-order valence-electron chi connectivity index (χ4n) is 1.97. The van der Waals surface area contributed by atoms with Crippen LogP contribution in [0.5, 0.6) is 0 Å². The number of ketones is 1. The van der Waals surface area contributed by atoms with Crippen LogP contribution in [-0.2, 0) is 7.05 Å². The number of nitrogens with zero attached hydrogens (tertiary/aromatic N) is 2. The maximum Gasteiger partial charge on any atom is 0.185 e. The highest BCUT2D eigenvalue weighted by Gasteiger charge is 2.26. The zero-order chi connectivity index (χ0) is 10.8. The molecule has 0 amide bonds. The zero-order valence-corrected chi connectivity index (χ0v) is 9.42. The Bertz CT molecular complexity index is 349. The van der Waals surface area contributed by atoms with E-state index in [-0.39, 0.29) is 11.7 Å². The first-order chi connectivity index (χ1) is 7.20. The van der Waals surface area contributed by atoms with E-state index in [2.05, 4.69) is 10.4 Å².